The Labute approximate surface area is 112 Å². The van der Waals surface area contributed by atoms with Crippen LogP contribution in [0, 0.1) is 5.41 Å². The maximum atomic E-state index is 2.53. The lowest BCUT2D eigenvalue weighted by Gasteiger charge is -2.53. The molecule has 1 nitrogen and oxygen atoms in total. The van der Waals surface area contributed by atoms with Gasteiger partial charge in [-0.25, -0.2) is 0 Å². The van der Waals surface area contributed by atoms with Crippen molar-refractivity contribution in [2.75, 3.05) is 18.0 Å². The molecule has 0 N–H and O–H groups in total. The molecule has 2 aliphatic rings. The van der Waals surface area contributed by atoms with Gasteiger partial charge in [-0.1, -0.05) is 57.7 Å². The first-order chi connectivity index (χ1) is 8.79. The minimum Gasteiger partial charge on any atom is -0.370 e. The van der Waals surface area contributed by atoms with Gasteiger partial charge in [-0.3, -0.25) is 0 Å². The number of para-hydroxylation sites is 1. The molecule has 0 unspecified atom stereocenters. The highest BCUT2D eigenvalue weighted by atomic mass is 15.2. The van der Waals surface area contributed by atoms with Gasteiger partial charge in [0.15, 0.2) is 0 Å². The summed E-state index contributed by atoms with van der Waals surface area (Å²) < 4.78 is 0. The first kappa shape index (κ1) is 13.5. The standard InChI is InChI=1S/C14H19N.C3H8/c1-3-7-13(8-4-1)15-11-14(12-15)9-5-2-6-10-14;1-3-2/h1,3-4,7-8H,2,5-6,9-12H2;3H2,1-2H3. The van der Waals surface area contributed by atoms with Crippen molar-refractivity contribution in [3.63, 3.8) is 0 Å². The number of rotatable bonds is 1. The lowest BCUT2D eigenvalue weighted by molar-refractivity contribution is 0.139. The van der Waals surface area contributed by atoms with Crippen LogP contribution in [0.3, 0.4) is 0 Å². The van der Waals surface area contributed by atoms with Gasteiger partial charge < -0.3 is 4.90 Å². The number of hydrogen-bond acceptors (Lipinski definition) is 1. The second-order valence-corrected chi connectivity index (χ2v) is 5.96. The molecule has 1 heteroatoms. The van der Waals surface area contributed by atoms with Crippen LogP contribution in [0.15, 0.2) is 30.3 Å². The molecule has 100 valence electrons. The van der Waals surface area contributed by atoms with Crippen LogP contribution in [0.5, 0.6) is 0 Å². The second-order valence-electron chi connectivity index (χ2n) is 5.96. The lowest BCUT2D eigenvalue weighted by atomic mass is 9.68. The van der Waals surface area contributed by atoms with Gasteiger partial charge in [-0.2, -0.15) is 0 Å². The molecule has 0 amide bonds. The van der Waals surface area contributed by atoms with E-state index in [0.717, 1.165) is 0 Å². The summed E-state index contributed by atoms with van der Waals surface area (Å²) in [6.45, 7) is 6.86. The van der Waals surface area contributed by atoms with Crippen LogP contribution in [0.1, 0.15) is 52.4 Å². The van der Waals surface area contributed by atoms with E-state index >= 15 is 0 Å². The average Bonchev–Trinajstić information content (AvgIpc) is 2.39. The van der Waals surface area contributed by atoms with Crippen molar-refractivity contribution in [1.82, 2.24) is 0 Å². The van der Waals surface area contributed by atoms with Crippen molar-refractivity contribution in [2.24, 2.45) is 5.41 Å². The van der Waals surface area contributed by atoms with Crippen molar-refractivity contribution in [3.8, 4) is 0 Å². The smallest absolute Gasteiger partial charge is 0.0366 e. The predicted molar refractivity (Wildman–Crippen MR) is 80.1 cm³/mol. The summed E-state index contributed by atoms with van der Waals surface area (Å²) >= 11 is 0. The zero-order valence-electron chi connectivity index (χ0n) is 12.0. The fourth-order valence-electron chi connectivity index (χ4n) is 3.20. The minimum absolute atomic E-state index is 0.702. The lowest BCUT2D eigenvalue weighted by Crippen LogP contribution is -2.57. The molecule has 0 aromatic heterocycles. The van der Waals surface area contributed by atoms with Gasteiger partial charge in [0.1, 0.15) is 0 Å². The normalized spacial score (nSPS) is 20.9. The molecule has 1 saturated carbocycles. The molecule has 18 heavy (non-hydrogen) atoms. The molecule has 1 aromatic rings. The van der Waals surface area contributed by atoms with Crippen LogP contribution in [0.4, 0.5) is 5.69 Å². The van der Waals surface area contributed by atoms with Gasteiger partial charge in [0, 0.05) is 24.2 Å². The van der Waals surface area contributed by atoms with Gasteiger partial charge in [0.2, 0.25) is 0 Å². The zero-order chi connectivity index (χ0) is 12.8. The molecule has 1 aliphatic heterocycles. The van der Waals surface area contributed by atoms with Crippen molar-refractivity contribution in [3.05, 3.63) is 30.3 Å². The van der Waals surface area contributed by atoms with Crippen LogP contribution in [-0.4, -0.2) is 13.1 Å². The Bertz CT molecular complexity index is 330. The highest BCUT2D eigenvalue weighted by Crippen LogP contribution is 2.45. The SMILES string of the molecule is CCC.c1ccc(N2CC3(CCCCC3)C2)cc1. The van der Waals surface area contributed by atoms with E-state index in [1.54, 1.807) is 0 Å². The van der Waals surface area contributed by atoms with Crippen LogP contribution in [0.2, 0.25) is 0 Å². The highest BCUT2D eigenvalue weighted by molar-refractivity contribution is 5.49. The van der Waals surface area contributed by atoms with E-state index in [2.05, 4.69) is 49.1 Å². The molecular weight excluding hydrogens is 218 g/mol. The van der Waals surface area contributed by atoms with E-state index in [1.165, 1.54) is 57.3 Å². The van der Waals surface area contributed by atoms with Crippen LogP contribution < -0.4 is 4.90 Å². The molecule has 3 rings (SSSR count). The number of hydrogen-bond donors (Lipinski definition) is 0. The highest BCUT2D eigenvalue weighted by Gasteiger charge is 2.43. The van der Waals surface area contributed by atoms with Gasteiger partial charge in [-0.15, -0.1) is 0 Å². The fourth-order valence-corrected chi connectivity index (χ4v) is 3.20. The Morgan fingerprint density at radius 1 is 0.944 bits per heavy atom. The molecule has 1 saturated heterocycles. The third-order valence-electron chi connectivity index (χ3n) is 4.09. The summed E-state index contributed by atoms with van der Waals surface area (Å²) in [6.07, 6.45) is 8.57. The van der Waals surface area contributed by atoms with Gasteiger partial charge in [-0.05, 0) is 25.0 Å². The number of benzene rings is 1. The van der Waals surface area contributed by atoms with E-state index in [1.807, 2.05) is 0 Å². The Kier molecular flexibility index (Phi) is 4.68. The number of nitrogens with zero attached hydrogens (tertiary/aromatic N) is 1. The molecule has 0 radical (unpaired) electrons. The Hall–Kier alpha value is -0.980. The Balaban J connectivity index is 0.000000367. The predicted octanol–water partition coefficient (Wildman–Crippen LogP) is 4.87. The first-order valence-corrected chi connectivity index (χ1v) is 7.60. The summed E-state index contributed by atoms with van der Waals surface area (Å²) in [4.78, 5) is 2.53. The van der Waals surface area contributed by atoms with Crippen LogP contribution in [0.25, 0.3) is 0 Å². The monoisotopic (exact) mass is 245 g/mol. The minimum atomic E-state index is 0.702. The summed E-state index contributed by atoms with van der Waals surface area (Å²) in [6, 6.07) is 10.8. The van der Waals surface area contributed by atoms with Crippen molar-refractivity contribution in [2.45, 2.75) is 52.4 Å². The maximum Gasteiger partial charge on any atom is 0.0366 e. The zero-order valence-corrected chi connectivity index (χ0v) is 12.0. The van der Waals surface area contributed by atoms with Crippen LogP contribution >= 0.6 is 0 Å². The first-order valence-electron chi connectivity index (χ1n) is 7.60. The molecule has 2 fully saturated rings. The molecule has 1 aromatic carbocycles. The molecular formula is C17H27N. The second kappa shape index (κ2) is 6.26. The van der Waals surface area contributed by atoms with E-state index in [4.69, 9.17) is 0 Å². The van der Waals surface area contributed by atoms with E-state index in [9.17, 15) is 0 Å². The maximum absolute atomic E-state index is 2.53. The van der Waals surface area contributed by atoms with Crippen molar-refractivity contribution >= 4 is 5.69 Å². The summed E-state index contributed by atoms with van der Waals surface area (Å²) in [5, 5.41) is 0. The van der Waals surface area contributed by atoms with Gasteiger partial charge >= 0.3 is 0 Å². The van der Waals surface area contributed by atoms with Crippen molar-refractivity contribution in [1.29, 1.82) is 0 Å². The third kappa shape index (κ3) is 3.07. The molecule has 1 aliphatic carbocycles. The molecule has 1 spiro atoms. The number of anilines is 1. The van der Waals surface area contributed by atoms with E-state index < -0.39 is 0 Å². The van der Waals surface area contributed by atoms with E-state index in [-0.39, 0.29) is 0 Å². The summed E-state index contributed by atoms with van der Waals surface area (Å²) in [5.74, 6) is 0. The molecule has 0 bridgehead atoms. The van der Waals surface area contributed by atoms with Crippen LogP contribution in [-0.2, 0) is 0 Å². The molecule has 1 heterocycles. The molecule has 0 atom stereocenters. The third-order valence-corrected chi connectivity index (χ3v) is 4.09. The largest absolute Gasteiger partial charge is 0.370 e. The fraction of sp³-hybridized carbons (Fsp3) is 0.647. The van der Waals surface area contributed by atoms with Gasteiger partial charge in [0.25, 0.3) is 0 Å². The van der Waals surface area contributed by atoms with Crippen molar-refractivity contribution < 1.29 is 0 Å². The Morgan fingerprint density at radius 2 is 1.50 bits per heavy atom. The summed E-state index contributed by atoms with van der Waals surface area (Å²) in [7, 11) is 0. The average molecular weight is 245 g/mol. The Morgan fingerprint density at radius 3 is 2.06 bits per heavy atom. The van der Waals surface area contributed by atoms with E-state index in [0.29, 0.717) is 5.41 Å². The summed E-state index contributed by atoms with van der Waals surface area (Å²) in [5.41, 5.74) is 2.11. The van der Waals surface area contributed by atoms with Gasteiger partial charge in [0.05, 0.1) is 0 Å². The quantitative estimate of drug-likeness (QED) is 0.682. The topological polar surface area (TPSA) is 3.24 Å².